The summed E-state index contributed by atoms with van der Waals surface area (Å²) in [5.74, 6) is 0.0648. The summed E-state index contributed by atoms with van der Waals surface area (Å²) in [7, 11) is -3.55. The van der Waals surface area contributed by atoms with E-state index in [1.807, 2.05) is 6.07 Å². The molecule has 2 aromatic heterocycles. The molecule has 0 saturated carbocycles. The number of anilines is 1. The highest BCUT2D eigenvalue weighted by molar-refractivity contribution is 7.90. The maximum Gasteiger partial charge on any atom is 0.251 e. The topological polar surface area (TPSA) is 157 Å². The van der Waals surface area contributed by atoms with Gasteiger partial charge in [-0.3, -0.25) is 4.79 Å². The quantitative estimate of drug-likeness (QED) is 0.600. The van der Waals surface area contributed by atoms with Crippen LogP contribution in [0, 0.1) is 11.3 Å². The summed E-state index contributed by atoms with van der Waals surface area (Å²) in [6.07, 6.45) is 2.40. The lowest BCUT2D eigenvalue weighted by molar-refractivity contribution is 0.0937. The Kier molecular flexibility index (Phi) is 5.73. The normalized spacial score (nSPS) is 12.2. The first-order valence-corrected chi connectivity index (χ1v) is 10.8. The first-order valence-electron chi connectivity index (χ1n) is 8.49. The molecule has 2 heterocycles. The van der Waals surface area contributed by atoms with E-state index >= 15 is 0 Å². The molecule has 0 spiro atoms. The fraction of sp³-hybridized carbons (Fsp3) is 0.167. The smallest absolute Gasteiger partial charge is 0.251 e. The summed E-state index contributed by atoms with van der Waals surface area (Å²) in [5, 5.41) is 15.8. The zero-order valence-corrected chi connectivity index (χ0v) is 17.4. The molecule has 0 aliphatic carbocycles. The molecule has 3 rings (SSSR count). The van der Waals surface area contributed by atoms with Crippen LogP contribution in [0.25, 0.3) is 5.82 Å². The Morgan fingerprint density at radius 2 is 2.07 bits per heavy atom. The van der Waals surface area contributed by atoms with E-state index in [1.54, 1.807) is 19.1 Å². The van der Waals surface area contributed by atoms with E-state index in [2.05, 4.69) is 20.4 Å². The molecule has 0 bridgehead atoms. The number of hydrogen-bond donors (Lipinski definition) is 2. The maximum atomic E-state index is 12.7. The molecule has 0 radical (unpaired) electrons. The summed E-state index contributed by atoms with van der Waals surface area (Å²) in [6.45, 7) is 1.66. The predicted molar refractivity (Wildman–Crippen MR) is 109 cm³/mol. The van der Waals surface area contributed by atoms with Crippen LogP contribution in [0.5, 0.6) is 0 Å². The molecule has 1 atom stereocenters. The van der Waals surface area contributed by atoms with Gasteiger partial charge in [0.1, 0.15) is 6.07 Å². The summed E-state index contributed by atoms with van der Waals surface area (Å²) in [5.41, 5.74) is 6.17. The van der Waals surface area contributed by atoms with Gasteiger partial charge in [-0.15, -0.1) is 5.10 Å². The third-order valence-corrected chi connectivity index (χ3v) is 5.35. The number of nitrogens with zero attached hydrogens (tertiary/aromatic N) is 5. The van der Waals surface area contributed by atoms with Gasteiger partial charge >= 0.3 is 0 Å². The van der Waals surface area contributed by atoms with Gasteiger partial charge in [0.05, 0.1) is 16.5 Å². The molecule has 1 aromatic carbocycles. The number of rotatable bonds is 5. The van der Waals surface area contributed by atoms with Gasteiger partial charge in [0.2, 0.25) is 5.95 Å². The number of nitrogen functional groups attached to an aromatic ring is 1. The molecular formula is C18H16ClN7O3S. The number of amides is 1. The van der Waals surface area contributed by atoms with E-state index in [0.29, 0.717) is 17.2 Å². The van der Waals surface area contributed by atoms with Crippen molar-refractivity contribution in [2.45, 2.75) is 17.9 Å². The minimum absolute atomic E-state index is 0.0284. The third kappa shape index (κ3) is 4.56. The zero-order valence-electron chi connectivity index (χ0n) is 15.9. The standard InChI is InChI=1S/C18H16ClN7O3S/c1-10(23-17(27)12-5-13(19)7-14(6-12)30(2,28)29)16-24-18(21)25-26(16)15-4-3-11(8-20)9-22-15/h3-7,9-10H,1-2H3,(H2,21,25)(H,23,27). The minimum Gasteiger partial charge on any atom is -0.366 e. The van der Waals surface area contributed by atoms with E-state index in [0.717, 1.165) is 6.26 Å². The van der Waals surface area contributed by atoms with Crippen molar-refractivity contribution in [3.05, 3.63) is 58.5 Å². The second-order valence-corrected chi connectivity index (χ2v) is 8.85. The number of hydrogen-bond acceptors (Lipinski definition) is 8. The van der Waals surface area contributed by atoms with Crippen molar-refractivity contribution in [3.63, 3.8) is 0 Å². The number of pyridine rings is 1. The Balaban J connectivity index is 1.90. The van der Waals surface area contributed by atoms with Crippen molar-refractivity contribution in [2.75, 3.05) is 12.0 Å². The molecule has 30 heavy (non-hydrogen) atoms. The monoisotopic (exact) mass is 445 g/mol. The maximum absolute atomic E-state index is 12.7. The second kappa shape index (κ2) is 8.10. The van der Waals surface area contributed by atoms with E-state index < -0.39 is 21.8 Å². The molecule has 1 amide bonds. The first-order chi connectivity index (χ1) is 14.1. The number of carbonyl (C=O) groups excluding carboxylic acids is 1. The van der Waals surface area contributed by atoms with Crippen LogP contribution in [0.3, 0.4) is 0 Å². The van der Waals surface area contributed by atoms with Crippen LogP contribution in [-0.2, 0) is 9.84 Å². The number of benzene rings is 1. The summed E-state index contributed by atoms with van der Waals surface area (Å²) in [6, 6.07) is 8.30. The highest BCUT2D eigenvalue weighted by Gasteiger charge is 2.21. The third-order valence-electron chi connectivity index (χ3n) is 4.04. The molecule has 154 valence electrons. The molecule has 12 heteroatoms. The Bertz CT molecular complexity index is 1260. The number of nitrogens with one attached hydrogen (secondary N) is 1. The van der Waals surface area contributed by atoms with Crippen molar-refractivity contribution in [1.82, 2.24) is 25.1 Å². The van der Waals surface area contributed by atoms with Gasteiger partial charge in [-0.25, -0.2) is 13.4 Å². The lowest BCUT2D eigenvalue weighted by Crippen LogP contribution is -2.29. The molecule has 0 aliphatic heterocycles. The Labute approximate surface area is 177 Å². The lowest BCUT2D eigenvalue weighted by atomic mass is 10.2. The molecule has 1 unspecified atom stereocenters. The van der Waals surface area contributed by atoms with Crippen molar-refractivity contribution in [1.29, 1.82) is 5.26 Å². The van der Waals surface area contributed by atoms with Crippen LogP contribution < -0.4 is 11.1 Å². The molecule has 3 N–H and O–H groups in total. The number of halogens is 1. The van der Waals surface area contributed by atoms with Crippen LogP contribution in [-0.4, -0.2) is 40.3 Å². The minimum atomic E-state index is -3.55. The highest BCUT2D eigenvalue weighted by Crippen LogP contribution is 2.21. The van der Waals surface area contributed by atoms with Crippen LogP contribution in [0.2, 0.25) is 5.02 Å². The molecule has 0 fully saturated rings. The van der Waals surface area contributed by atoms with E-state index in [-0.39, 0.29) is 21.4 Å². The number of nitriles is 1. The van der Waals surface area contributed by atoms with Gasteiger partial charge < -0.3 is 11.1 Å². The van der Waals surface area contributed by atoms with Crippen LogP contribution >= 0.6 is 11.6 Å². The van der Waals surface area contributed by atoms with Crippen molar-refractivity contribution in [3.8, 4) is 11.9 Å². The van der Waals surface area contributed by atoms with Gasteiger partial charge in [-0.05, 0) is 37.3 Å². The van der Waals surface area contributed by atoms with Gasteiger partial charge in [0.15, 0.2) is 21.5 Å². The Hall–Kier alpha value is -3.49. The molecule has 3 aromatic rings. The van der Waals surface area contributed by atoms with Crippen LogP contribution in [0.4, 0.5) is 5.95 Å². The molecule has 10 nitrogen and oxygen atoms in total. The van der Waals surface area contributed by atoms with Gasteiger partial charge in [0, 0.05) is 23.0 Å². The first kappa shape index (κ1) is 21.2. The van der Waals surface area contributed by atoms with Crippen LogP contribution in [0.1, 0.15) is 34.7 Å². The SMILES string of the molecule is CC(NC(=O)c1cc(Cl)cc(S(C)(=O)=O)c1)c1nc(N)nn1-c1ccc(C#N)cn1. The highest BCUT2D eigenvalue weighted by atomic mass is 35.5. The van der Waals surface area contributed by atoms with E-state index in [1.165, 1.54) is 29.1 Å². The average Bonchev–Trinajstić information content (AvgIpc) is 3.08. The van der Waals surface area contributed by atoms with Crippen LogP contribution in [0.15, 0.2) is 41.4 Å². The van der Waals surface area contributed by atoms with E-state index in [9.17, 15) is 13.2 Å². The average molecular weight is 446 g/mol. The van der Waals surface area contributed by atoms with E-state index in [4.69, 9.17) is 22.6 Å². The Morgan fingerprint density at radius 3 is 2.67 bits per heavy atom. The van der Waals surface area contributed by atoms with Gasteiger partial charge in [-0.1, -0.05) is 11.6 Å². The molecule has 0 aliphatic rings. The van der Waals surface area contributed by atoms with Crippen molar-refractivity contribution >= 4 is 33.3 Å². The lowest BCUT2D eigenvalue weighted by Gasteiger charge is -2.15. The second-order valence-electron chi connectivity index (χ2n) is 6.40. The van der Waals surface area contributed by atoms with Crippen molar-refractivity contribution in [2.24, 2.45) is 0 Å². The largest absolute Gasteiger partial charge is 0.366 e. The molecule has 0 saturated heterocycles. The number of nitrogens with two attached hydrogens (primary N) is 1. The van der Waals surface area contributed by atoms with Gasteiger partial charge in [-0.2, -0.15) is 14.9 Å². The predicted octanol–water partition coefficient (Wildman–Crippen LogP) is 1.66. The molecular weight excluding hydrogens is 430 g/mol. The summed E-state index contributed by atoms with van der Waals surface area (Å²) in [4.78, 5) is 20.9. The number of carbonyl (C=O) groups is 1. The Morgan fingerprint density at radius 1 is 1.33 bits per heavy atom. The summed E-state index contributed by atoms with van der Waals surface area (Å²) < 4.78 is 24.9. The summed E-state index contributed by atoms with van der Waals surface area (Å²) >= 11 is 5.97. The fourth-order valence-corrected chi connectivity index (χ4v) is 3.60. The van der Waals surface area contributed by atoms with Crippen molar-refractivity contribution < 1.29 is 13.2 Å². The van der Waals surface area contributed by atoms with Gasteiger partial charge in [0.25, 0.3) is 5.91 Å². The zero-order chi connectivity index (χ0) is 22.1. The fourth-order valence-electron chi connectivity index (χ4n) is 2.62. The number of sulfone groups is 1. The number of aromatic nitrogens is 4.